The zero-order chi connectivity index (χ0) is 30.7. The van der Waals surface area contributed by atoms with Crippen LogP contribution in [0, 0.1) is 5.92 Å². The number of nitrogens with two attached hydrogens (primary N) is 3. The summed E-state index contributed by atoms with van der Waals surface area (Å²) in [5, 5.41) is 26.7. The topological polar surface area (TPSA) is 268 Å². The molecule has 12 N–H and O–H groups in total. The second-order valence-electron chi connectivity index (χ2n) is 9.90. The van der Waals surface area contributed by atoms with Gasteiger partial charge in [0.05, 0.1) is 12.5 Å². The summed E-state index contributed by atoms with van der Waals surface area (Å²) < 4.78 is 0. The lowest BCUT2D eigenvalue weighted by atomic mass is 10.0. The number of carbonyl (C=O) groups excluding carboxylic acids is 3. The molecule has 0 saturated heterocycles. The number of para-hydroxylation sites is 1. The minimum Gasteiger partial charge on any atom is -0.481 e. The van der Waals surface area contributed by atoms with Gasteiger partial charge in [0.25, 0.3) is 0 Å². The number of amides is 3. The fraction of sp³-hybridized carbons (Fsp3) is 0.462. The first-order valence-electron chi connectivity index (χ1n) is 13.0. The molecule has 0 radical (unpaired) electrons. The van der Waals surface area contributed by atoms with Crippen molar-refractivity contribution >= 4 is 46.5 Å². The van der Waals surface area contributed by atoms with E-state index in [1.165, 1.54) is 0 Å². The molecular formula is C26H38N8O7. The highest BCUT2D eigenvalue weighted by Gasteiger charge is 2.32. The third-order valence-electron chi connectivity index (χ3n) is 6.32. The maximum Gasteiger partial charge on any atom is 0.326 e. The summed E-state index contributed by atoms with van der Waals surface area (Å²) in [5.74, 6) is -5.56. The van der Waals surface area contributed by atoms with Crippen molar-refractivity contribution in [2.75, 3.05) is 6.54 Å². The lowest BCUT2D eigenvalue weighted by Gasteiger charge is -2.25. The Hall–Kier alpha value is -4.66. The molecule has 224 valence electrons. The number of carboxylic acid groups (broad SMARTS) is 2. The summed E-state index contributed by atoms with van der Waals surface area (Å²) in [4.78, 5) is 69.1. The number of benzene rings is 1. The van der Waals surface area contributed by atoms with Crippen LogP contribution in [0.2, 0.25) is 0 Å². The molecule has 41 heavy (non-hydrogen) atoms. The average molecular weight is 575 g/mol. The van der Waals surface area contributed by atoms with Crippen LogP contribution < -0.4 is 33.2 Å². The number of fused-ring (bicyclic) bond motifs is 1. The second-order valence-corrected chi connectivity index (χ2v) is 9.90. The Labute approximate surface area is 236 Å². The van der Waals surface area contributed by atoms with E-state index in [1.807, 2.05) is 18.2 Å². The third kappa shape index (κ3) is 10.1. The van der Waals surface area contributed by atoms with Gasteiger partial charge in [-0.1, -0.05) is 32.0 Å². The molecule has 0 fully saturated rings. The highest BCUT2D eigenvalue weighted by atomic mass is 16.4. The van der Waals surface area contributed by atoms with E-state index in [1.54, 1.807) is 26.1 Å². The quantitative estimate of drug-likeness (QED) is 0.0653. The summed E-state index contributed by atoms with van der Waals surface area (Å²) in [5.41, 5.74) is 18.1. The van der Waals surface area contributed by atoms with Gasteiger partial charge in [-0.3, -0.25) is 24.2 Å². The van der Waals surface area contributed by atoms with Crippen molar-refractivity contribution in [1.82, 2.24) is 20.9 Å². The van der Waals surface area contributed by atoms with Crippen LogP contribution in [0.4, 0.5) is 0 Å². The first-order valence-corrected chi connectivity index (χ1v) is 13.0. The molecule has 0 aliphatic rings. The molecule has 1 aromatic carbocycles. The van der Waals surface area contributed by atoms with Crippen molar-refractivity contribution in [1.29, 1.82) is 0 Å². The highest BCUT2D eigenvalue weighted by molar-refractivity contribution is 5.95. The smallest absolute Gasteiger partial charge is 0.326 e. The van der Waals surface area contributed by atoms with Crippen LogP contribution in [-0.4, -0.2) is 81.5 Å². The Kier molecular flexibility index (Phi) is 12.1. The van der Waals surface area contributed by atoms with Crippen LogP contribution >= 0.6 is 0 Å². The number of H-pyrrole nitrogens is 1. The van der Waals surface area contributed by atoms with Crippen molar-refractivity contribution in [3.63, 3.8) is 0 Å². The lowest BCUT2D eigenvalue weighted by Crippen LogP contribution is -2.58. The molecule has 3 amide bonds. The molecule has 0 saturated carbocycles. The number of guanidine groups is 1. The molecular weight excluding hydrogens is 536 g/mol. The number of aromatic nitrogens is 1. The number of hydrogen-bond acceptors (Lipinski definition) is 7. The minimum atomic E-state index is -1.73. The van der Waals surface area contributed by atoms with Gasteiger partial charge in [0.1, 0.15) is 18.1 Å². The van der Waals surface area contributed by atoms with Gasteiger partial charge in [-0.25, -0.2) is 4.79 Å². The molecule has 0 bridgehead atoms. The van der Waals surface area contributed by atoms with Crippen LogP contribution in [0.5, 0.6) is 0 Å². The average Bonchev–Trinajstić information content (AvgIpc) is 3.31. The zero-order valence-corrected chi connectivity index (χ0v) is 22.9. The maximum atomic E-state index is 13.5. The fourth-order valence-corrected chi connectivity index (χ4v) is 3.99. The SMILES string of the molecule is CC(C)C(N)C(=O)NC(CCCN=C(N)N)C(=O)NC(Cc1c[nH]c2ccccc12)C(=O)NC(CC(=O)O)C(=O)O. The molecule has 4 unspecified atom stereocenters. The van der Waals surface area contributed by atoms with Gasteiger partial charge < -0.3 is 48.3 Å². The largest absolute Gasteiger partial charge is 0.481 e. The van der Waals surface area contributed by atoms with Crippen LogP contribution in [0.1, 0.15) is 38.7 Å². The molecule has 15 nitrogen and oxygen atoms in total. The first-order chi connectivity index (χ1) is 19.3. The second kappa shape index (κ2) is 15.2. The van der Waals surface area contributed by atoms with E-state index in [-0.39, 0.29) is 31.3 Å². The van der Waals surface area contributed by atoms with E-state index in [2.05, 4.69) is 25.9 Å². The van der Waals surface area contributed by atoms with Crippen molar-refractivity contribution in [3.8, 4) is 0 Å². The van der Waals surface area contributed by atoms with Crippen molar-refractivity contribution in [2.45, 2.75) is 63.7 Å². The molecule has 1 heterocycles. The number of nitrogens with zero attached hydrogens (tertiary/aromatic N) is 1. The Bertz CT molecular complexity index is 1270. The number of carbonyl (C=O) groups is 5. The minimum absolute atomic E-state index is 0.0683. The van der Waals surface area contributed by atoms with Gasteiger partial charge in [-0.05, 0) is 30.4 Å². The highest BCUT2D eigenvalue weighted by Crippen LogP contribution is 2.19. The Morgan fingerprint density at radius 2 is 1.54 bits per heavy atom. The van der Waals surface area contributed by atoms with Crippen molar-refractivity contribution in [3.05, 3.63) is 36.0 Å². The van der Waals surface area contributed by atoms with Crippen LogP contribution in [0.15, 0.2) is 35.5 Å². The zero-order valence-electron chi connectivity index (χ0n) is 22.9. The molecule has 1 aromatic heterocycles. The Morgan fingerprint density at radius 3 is 2.15 bits per heavy atom. The van der Waals surface area contributed by atoms with E-state index in [0.29, 0.717) is 12.0 Å². The van der Waals surface area contributed by atoms with Crippen molar-refractivity contribution < 1.29 is 34.2 Å². The van der Waals surface area contributed by atoms with Gasteiger partial charge in [-0.15, -0.1) is 0 Å². The molecule has 0 spiro atoms. The third-order valence-corrected chi connectivity index (χ3v) is 6.32. The van der Waals surface area contributed by atoms with Gasteiger partial charge in [0, 0.05) is 30.1 Å². The predicted octanol–water partition coefficient (Wildman–Crippen LogP) is -1.24. The molecule has 15 heteroatoms. The number of rotatable bonds is 16. The fourth-order valence-electron chi connectivity index (χ4n) is 3.99. The number of aliphatic imine (C=N–C) groups is 1. The molecule has 0 aliphatic carbocycles. The summed E-state index contributed by atoms with van der Waals surface area (Å²) in [6, 6.07) is 2.14. The van der Waals surface area contributed by atoms with E-state index in [9.17, 15) is 29.1 Å². The molecule has 2 aromatic rings. The number of nitrogens with one attached hydrogen (secondary N) is 4. The number of hydrogen-bond donors (Lipinski definition) is 9. The Morgan fingerprint density at radius 1 is 0.927 bits per heavy atom. The van der Waals surface area contributed by atoms with Crippen LogP contribution in [-0.2, 0) is 30.4 Å². The van der Waals surface area contributed by atoms with Crippen molar-refractivity contribution in [2.24, 2.45) is 28.1 Å². The van der Waals surface area contributed by atoms with Gasteiger partial charge in [0.2, 0.25) is 17.7 Å². The maximum absolute atomic E-state index is 13.5. The molecule has 4 atom stereocenters. The first kappa shape index (κ1) is 32.6. The number of aliphatic carboxylic acids is 2. The Balaban J connectivity index is 2.35. The van der Waals surface area contributed by atoms with Gasteiger partial charge in [0.15, 0.2) is 5.96 Å². The summed E-state index contributed by atoms with van der Waals surface area (Å²) in [6.45, 7) is 3.66. The lowest BCUT2D eigenvalue weighted by molar-refractivity contribution is -0.147. The monoisotopic (exact) mass is 574 g/mol. The van der Waals surface area contributed by atoms with Crippen LogP contribution in [0.25, 0.3) is 10.9 Å². The molecule has 2 rings (SSSR count). The molecule has 0 aliphatic heterocycles. The summed E-state index contributed by atoms with van der Waals surface area (Å²) >= 11 is 0. The van der Waals surface area contributed by atoms with Crippen LogP contribution in [0.3, 0.4) is 0 Å². The van der Waals surface area contributed by atoms with E-state index in [0.717, 1.165) is 10.9 Å². The van der Waals surface area contributed by atoms with E-state index >= 15 is 0 Å². The predicted molar refractivity (Wildman–Crippen MR) is 150 cm³/mol. The van der Waals surface area contributed by atoms with E-state index in [4.69, 9.17) is 22.3 Å². The normalized spacial score (nSPS) is 14.0. The number of carboxylic acids is 2. The summed E-state index contributed by atoms with van der Waals surface area (Å²) in [6.07, 6.45) is 1.11. The van der Waals surface area contributed by atoms with E-state index < -0.39 is 60.2 Å². The van der Waals surface area contributed by atoms with Gasteiger partial charge >= 0.3 is 11.9 Å². The standard InChI is InChI=1S/C26H38N8O7/c1-13(2)21(27)24(39)32-17(8-5-9-30-26(28)29)22(37)33-18(23(38)34-19(25(40)41)11-20(35)36)10-14-12-31-16-7-4-3-6-15(14)16/h3-4,6-7,12-13,17-19,21,31H,5,8-11,27H2,1-2H3,(H,32,39)(H,33,37)(H,34,38)(H,35,36)(H,40,41)(H4,28,29,30). The summed E-state index contributed by atoms with van der Waals surface area (Å²) in [7, 11) is 0. The van der Waals surface area contributed by atoms with Gasteiger partial charge in [-0.2, -0.15) is 0 Å². The number of aromatic amines is 1.